The van der Waals surface area contributed by atoms with Crippen LogP contribution in [0.15, 0.2) is 42.6 Å². The van der Waals surface area contributed by atoms with Crippen LogP contribution in [-0.4, -0.2) is 38.9 Å². The molecule has 3 amide bonds. The highest BCUT2D eigenvalue weighted by molar-refractivity contribution is 6.23. The molecule has 2 atom stereocenters. The summed E-state index contributed by atoms with van der Waals surface area (Å²) in [6, 6.07) is 4.69. The van der Waals surface area contributed by atoms with E-state index in [1.807, 2.05) is 0 Å². The molecule has 0 aliphatic carbocycles. The van der Waals surface area contributed by atoms with Gasteiger partial charge in [-0.05, 0) is 43.2 Å². The van der Waals surface area contributed by atoms with Crippen LogP contribution < -0.4 is 4.90 Å². The molecule has 9 heteroatoms. The number of aromatic nitrogens is 1. The number of urea groups is 1. The number of halogens is 2. The number of nitrogens with zero attached hydrogens (tertiary/aromatic N) is 3. The lowest BCUT2D eigenvalue weighted by atomic mass is 9.88. The van der Waals surface area contributed by atoms with Crippen LogP contribution in [0.2, 0.25) is 0 Å². The Kier molecular flexibility index (Phi) is 4.84. The van der Waals surface area contributed by atoms with Gasteiger partial charge in [-0.25, -0.2) is 28.3 Å². The molecular formula is C19H17F2N3O4. The summed E-state index contributed by atoms with van der Waals surface area (Å²) in [4.78, 5) is 43.8. The third-order valence-electron chi connectivity index (χ3n) is 4.79. The first-order valence-corrected chi connectivity index (χ1v) is 8.50. The second-order valence-electron chi connectivity index (χ2n) is 6.47. The van der Waals surface area contributed by atoms with Gasteiger partial charge >= 0.3 is 12.0 Å². The Hall–Kier alpha value is -3.36. The van der Waals surface area contributed by atoms with Crippen LogP contribution in [0.3, 0.4) is 0 Å². The molecule has 2 aromatic rings. The molecule has 7 nitrogen and oxygen atoms in total. The topological polar surface area (TPSA) is 90.8 Å². The number of carbonyl (C=O) groups excluding carboxylic acids is 2. The lowest BCUT2D eigenvalue weighted by Crippen LogP contribution is -2.52. The molecule has 2 heterocycles. The number of benzene rings is 1. The number of carboxylic acid groups (broad SMARTS) is 1. The molecule has 0 radical (unpaired) electrons. The minimum Gasteiger partial charge on any atom is -0.480 e. The Bertz CT molecular complexity index is 933. The summed E-state index contributed by atoms with van der Waals surface area (Å²) >= 11 is 0. The summed E-state index contributed by atoms with van der Waals surface area (Å²) in [7, 11) is 0. The number of pyridine rings is 1. The van der Waals surface area contributed by atoms with E-state index >= 15 is 0 Å². The molecule has 0 bridgehead atoms. The third kappa shape index (κ3) is 2.88. The van der Waals surface area contributed by atoms with Gasteiger partial charge in [-0.3, -0.25) is 9.69 Å². The lowest BCUT2D eigenvalue weighted by molar-refractivity contribution is -0.144. The van der Waals surface area contributed by atoms with Gasteiger partial charge in [0.15, 0.2) is 0 Å². The maximum absolute atomic E-state index is 13.9. The minimum absolute atomic E-state index is 0.0108. The van der Waals surface area contributed by atoms with Crippen molar-refractivity contribution in [3.63, 3.8) is 0 Å². The van der Waals surface area contributed by atoms with Crippen molar-refractivity contribution in [3.8, 4) is 0 Å². The van der Waals surface area contributed by atoms with Gasteiger partial charge in [0.1, 0.15) is 29.0 Å². The Morgan fingerprint density at radius 3 is 2.36 bits per heavy atom. The van der Waals surface area contributed by atoms with Crippen molar-refractivity contribution in [2.75, 3.05) is 4.90 Å². The van der Waals surface area contributed by atoms with E-state index in [2.05, 4.69) is 4.98 Å². The maximum atomic E-state index is 13.9. The van der Waals surface area contributed by atoms with Gasteiger partial charge in [0.25, 0.3) is 5.91 Å². The highest BCUT2D eigenvalue weighted by Crippen LogP contribution is 2.41. The molecule has 1 saturated heterocycles. The van der Waals surface area contributed by atoms with Crippen LogP contribution in [0.4, 0.5) is 19.4 Å². The van der Waals surface area contributed by atoms with Crippen LogP contribution in [0.5, 0.6) is 0 Å². The third-order valence-corrected chi connectivity index (χ3v) is 4.79. The number of carbonyl (C=O) groups is 3. The fourth-order valence-electron chi connectivity index (χ4n) is 3.40. The van der Waals surface area contributed by atoms with Crippen molar-refractivity contribution >= 4 is 23.7 Å². The normalized spacial score (nSPS) is 20.6. The van der Waals surface area contributed by atoms with Crippen molar-refractivity contribution in [3.05, 3.63) is 59.8 Å². The first-order chi connectivity index (χ1) is 13.2. The van der Waals surface area contributed by atoms with Gasteiger partial charge in [0.05, 0.1) is 0 Å². The first kappa shape index (κ1) is 19.4. The van der Waals surface area contributed by atoms with Crippen LogP contribution in [-0.2, 0) is 15.1 Å². The van der Waals surface area contributed by atoms with Gasteiger partial charge in [-0.2, -0.15) is 0 Å². The molecule has 0 saturated carbocycles. The number of hydrogen-bond donors (Lipinski definition) is 1. The fraction of sp³-hybridized carbons (Fsp3) is 0.263. The summed E-state index contributed by atoms with van der Waals surface area (Å²) in [5.74, 6) is -4.09. The second-order valence-corrected chi connectivity index (χ2v) is 6.47. The molecule has 1 aromatic carbocycles. The molecule has 1 fully saturated rings. The molecule has 1 aliphatic rings. The molecule has 2 unspecified atom stereocenters. The fourth-order valence-corrected chi connectivity index (χ4v) is 3.40. The van der Waals surface area contributed by atoms with E-state index in [-0.39, 0.29) is 17.8 Å². The van der Waals surface area contributed by atoms with E-state index in [9.17, 15) is 28.3 Å². The summed E-state index contributed by atoms with van der Waals surface area (Å²) < 4.78 is 27.7. The van der Waals surface area contributed by atoms with Crippen molar-refractivity contribution in [2.45, 2.75) is 31.8 Å². The van der Waals surface area contributed by atoms with Gasteiger partial charge in [-0.15, -0.1) is 0 Å². The predicted molar refractivity (Wildman–Crippen MR) is 94.4 cm³/mol. The van der Waals surface area contributed by atoms with E-state index in [0.29, 0.717) is 6.07 Å². The second kappa shape index (κ2) is 6.99. The number of carboxylic acids is 1. The Labute approximate surface area is 159 Å². The monoisotopic (exact) mass is 389 g/mol. The van der Waals surface area contributed by atoms with Gasteiger partial charge in [0, 0.05) is 12.3 Å². The quantitative estimate of drug-likeness (QED) is 0.794. The Morgan fingerprint density at radius 1 is 1.21 bits per heavy atom. The van der Waals surface area contributed by atoms with E-state index in [1.54, 1.807) is 12.1 Å². The van der Waals surface area contributed by atoms with E-state index < -0.39 is 41.1 Å². The van der Waals surface area contributed by atoms with E-state index in [1.165, 1.54) is 26.1 Å². The average molecular weight is 389 g/mol. The van der Waals surface area contributed by atoms with Crippen LogP contribution >= 0.6 is 0 Å². The van der Waals surface area contributed by atoms with Crippen LogP contribution in [0.1, 0.15) is 25.8 Å². The van der Waals surface area contributed by atoms with Gasteiger partial charge < -0.3 is 5.11 Å². The Morgan fingerprint density at radius 2 is 1.86 bits per heavy atom. The van der Waals surface area contributed by atoms with Crippen LogP contribution in [0.25, 0.3) is 0 Å². The molecule has 1 aromatic heterocycles. The highest BCUT2D eigenvalue weighted by Gasteiger charge is 2.59. The van der Waals surface area contributed by atoms with Crippen molar-refractivity contribution in [2.24, 2.45) is 0 Å². The smallest absolute Gasteiger partial charge is 0.334 e. The summed E-state index contributed by atoms with van der Waals surface area (Å²) in [5.41, 5.74) is -2.10. The van der Waals surface area contributed by atoms with Gasteiger partial charge in [0.2, 0.25) is 0 Å². The average Bonchev–Trinajstić information content (AvgIpc) is 2.84. The largest absolute Gasteiger partial charge is 0.480 e. The highest BCUT2D eigenvalue weighted by atomic mass is 19.1. The first-order valence-electron chi connectivity index (χ1n) is 8.50. The molecular weight excluding hydrogens is 372 g/mol. The standard InChI is InChI=1S/C19H17F2N3O4/c1-3-14(16(25)26)24-18(28)23(15-6-4-5-7-22-15)17(27)19(24,2)11-8-12(20)10-13(21)9-11/h4-10,14H,3H2,1-2H3,(H,25,26). The number of imide groups is 1. The predicted octanol–water partition coefficient (Wildman–Crippen LogP) is 2.91. The lowest BCUT2D eigenvalue weighted by Gasteiger charge is -2.35. The molecule has 3 rings (SSSR count). The van der Waals surface area contributed by atoms with Crippen molar-refractivity contribution in [1.82, 2.24) is 9.88 Å². The molecule has 28 heavy (non-hydrogen) atoms. The number of hydrogen-bond acceptors (Lipinski definition) is 4. The summed E-state index contributed by atoms with van der Waals surface area (Å²) in [6.07, 6.45) is 1.35. The number of amides is 3. The maximum Gasteiger partial charge on any atom is 0.334 e. The van der Waals surface area contributed by atoms with E-state index in [0.717, 1.165) is 21.9 Å². The zero-order valence-electron chi connectivity index (χ0n) is 15.1. The molecule has 0 spiro atoms. The number of anilines is 1. The van der Waals surface area contributed by atoms with Crippen molar-refractivity contribution < 1.29 is 28.3 Å². The van der Waals surface area contributed by atoms with E-state index in [4.69, 9.17) is 0 Å². The van der Waals surface area contributed by atoms with Gasteiger partial charge in [-0.1, -0.05) is 13.0 Å². The molecule has 1 aliphatic heterocycles. The molecule has 1 N–H and O–H groups in total. The molecule has 146 valence electrons. The zero-order valence-corrected chi connectivity index (χ0v) is 15.1. The summed E-state index contributed by atoms with van der Waals surface area (Å²) in [6.45, 7) is 2.81. The van der Waals surface area contributed by atoms with Crippen molar-refractivity contribution in [1.29, 1.82) is 0 Å². The summed E-state index contributed by atoms with van der Waals surface area (Å²) in [5, 5.41) is 9.60. The van der Waals surface area contributed by atoms with Crippen LogP contribution in [0, 0.1) is 11.6 Å². The SMILES string of the molecule is CCC(C(=O)O)N1C(=O)N(c2ccccn2)C(=O)C1(C)c1cc(F)cc(F)c1. The number of aliphatic carboxylic acids is 1. The Balaban J connectivity index is 2.25. The zero-order chi connectivity index (χ0) is 20.6. The number of rotatable bonds is 5. The minimum atomic E-state index is -1.93.